The van der Waals surface area contributed by atoms with E-state index < -0.39 is 0 Å². The number of aromatic nitrogens is 1. The second-order valence-electron chi connectivity index (χ2n) is 8.26. The van der Waals surface area contributed by atoms with Crippen LogP contribution in [0.4, 0.5) is 5.69 Å². The van der Waals surface area contributed by atoms with Gasteiger partial charge in [-0.2, -0.15) is 0 Å². The quantitative estimate of drug-likeness (QED) is 0.771. The summed E-state index contributed by atoms with van der Waals surface area (Å²) in [5.74, 6) is -0.335. The number of piperazine rings is 1. The number of aryl methyl sites for hydroxylation is 2. The van der Waals surface area contributed by atoms with Crippen LogP contribution in [-0.4, -0.2) is 65.4 Å². The lowest BCUT2D eigenvalue weighted by molar-refractivity contribution is -0.140. The maximum atomic E-state index is 12.9. The largest absolute Gasteiger partial charge is 0.368 e. The number of hydrogen-bond acceptors (Lipinski definition) is 4. The van der Waals surface area contributed by atoms with Crippen molar-refractivity contribution in [1.29, 1.82) is 0 Å². The van der Waals surface area contributed by atoms with Gasteiger partial charge in [-0.3, -0.25) is 14.4 Å². The smallest absolute Gasteiger partial charge is 0.263 e. The number of benzene rings is 1. The highest BCUT2D eigenvalue weighted by atomic mass is 16.2. The van der Waals surface area contributed by atoms with Crippen molar-refractivity contribution >= 4 is 17.5 Å². The molecule has 0 unspecified atom stereocenters. The van der Waals surface area contributed by atoms with Gasteiger partial charge < -0.3 is 19.3 Å². The van der Waals surface area contributed by atoms with Crippen molar-refractivity contribution in [2.75, 3.05) is 44.2 Å². The fraction of sp³-hybridized carbons (Fsp3) is 0.435. The van der Waals surface area contributed by atoms with E-state index in [1.165, 1.54) is 10.3 Å². The minimum atomic E-state index is -0.274. The van der Waals surface area contributed by atoms with Gasteiger partial charge in [-0.25, -0.2) is 0 Å². The lowest BCUT2D eigenvalue weighted by Gasteiger charge is -2.43. The number of anilines is 1. The van der Waals surface area contributed by atoms with Gasteiger partial charge in [-0.15, -0.1) is 0 Å². The molecule has 2 amide bonds. The highest BCUT2D eigenvalue weighted by Gasteiger charge is 2.39. The number of carbonyl (C=O) groups is 2. The van der Waals surface area contributed by atoms with Crippen molar-refractivity contribution < 1.29 is 9.59 Å². The number of para-hydroxylation sites is 1. The van der Waals surface area contributed by atoms with E-state index in [9.17, 15) is 14.4 Å². The van der Waals surface area contributed by atoms with Crippen molar-refractivity contribution in [3.8, 4) is 0 Å². The fourth-order valence-electron chi connectivity index (χ4n) is 4.28. The SMILES string of the molecule is Cc1cc(C)n(C)c(=O)c1C(=O)N1CC(C(=O)N2CCN(c3ccccc3)CC2)C1. The van der Waals surface area contributed by atoms with E-state index >= 15 is 0 Å². The zero-order valence-electron chi connectivity index (χ0n) is 17.8. The Morgan fingerprint density at radius 3 is 2.20 bits per heavy atom. The molecule has 0 aliphatic carbocycles. The molecule has 3 heterocycles. The van der Waals surface area contributed by atoms with E-state index in [1.807, 2.05) is 36.1 Å². The molecule has 2 aromatic rings. The van der Waals surface area contributed by atoms with E-state index in [-0.39, 0.29) is 28.9 Å². The Bertz CT molecular complexity index is 1020. The van der Waals surface area contributed by atoms with Crippen molar-refractivity contribution in [2.45, 2.75) is 13.8 Å². The third kappa shape index (κ3) is 3.60. The molecule has 0 bridgehead atoms. The number of carbonyl (C=O) groups excluding carboxylic acids is 2. The van der Waals surface area contributed by atoms with Crippen LogP contribution in [0.3, 0.4) is 0 Å². The van der Waals surface area contributed by atoms with Gasteiger partial charge in [0, 0.05) is 57.7 Å². The second kappa shape index (κ2) is 7.97. The first kappa shape index (κ1) is 20.2. The summed E-state index contributed by atoms with van der Waals surface area (Å²) < 4.78 is 1.49. The average Bonchev–Trinajstić information content (AvgIpc) is 2.72. The third-order valence-corrected chi connectivity index (χ3v) is 6.31. The molecule has 0 N–H and O–H groups in total. The van der Waals surface area contributed by atoms with Crippen LogP contribution in [0, 0.1) is 19.8 Å². The summed E-state index contributed by atoms with van der Waals surface area (Å²) in [6, 6.07) is 12.1. The van der Waals surface area contributed by atoms with Crippen LogP contribution in [-0.2, 0) is 11.8 Å². The third-order valence-electron chi connectivity index (χ3n) is 6.31. The molecule has 2 fully saturated rings. The molecule has 0 saturated carbocycles. The molecule has 7 heteroatoms. The van der Waals surface area contributed by atoms with E-state index in [4.69, 9.17) is 0 Å². The van der Waals surface area contributed by atoms with E-state index in [0.717, 1.165) is 18.8 Å². The highest BCUT2D eigenvalue weighted by Crippen LogP contribution is 2.23. The van der Waals surface area contributed by atoms with Crippen LogP contribution in [0.1, 0.15) is 21.6 Å². The molecule has 1 aromatic carbocycles. The topological polar surface area (TPSA) is 65.9 Å². The summed E-state index contributed by atoms with van der Waals surface area (Å²) in [5.41, 5.74) is 2.63. The Labute approximate surface area is 176 Å². The molecule has 1 aromatic heterocycles. The lowest BCUT2D eigenvalue weighted by atomic mass is 9.96. The summed E-state index contributed by atoms with van der Waals surface area (Å²) in [5, 5.41) is 0. The maximum Gasteiger partial charge on any atom is 0.263 e. The van der Waals surface area contributed by atoms with Crippen LogP contribution in [0.5, 0.6) is 0 Å². The molecular formula is C23H28N4O3. The van der Waals surface area contributed by atoms with Gasteiger partial charge in [-0.05, 0) is 37.6 Å². The van der Waals surface area contributed by atoms with Gasteiger partial charge in [0.05, 0.1) is 5.92 Å². The van der Waals surface area contributed by atoms with Gasteiger partial charge in [0.15, 0.2) is 0 Å². The zero-order chi connectivity index (χ0) is 21.4. The van der Waals surface area contributed by atoms with Crippen LogP contribution >= 0.6 is 0 Å². The number of pyridine rings is 1. The second-order valence-corrected chi connectivity index (χ2v) is 8.26. The number of amides is 2. The van der Waals surface area contributed by atoms with Crippen molar-refractivity contribution in [3.05, 3.63) is 63.6 Å². The van der Waals surface area contributed by atoms with E-state index in [0.29, 0.717) is 31.7 Å². The van der Waals surface area contributed by atoms with E-state index in [2.05, 4.69) is 17.0 Å². The molecule has 7 nitrogen and oxygen atoms in total. The first-order chi connectivity index (χ1) is 14.4. The monoisotopic (exact) mass is 408 g/mol. The molecule has 30 heavy (non-hydrogen) atoms. The average molecular weight is 409 g/mol. The van der Waals surface area contributed by atoms with Gasteiger partial charge >= 0.3 is 0 Å². The fourth-order valence-corrected chi connectivity index (χ4v) is 4.28. The Kier molecular flexibility index (Phi) is 5.37. The summed E-state index contributed by atoms with van der Waals surface area (Å²) in [6.45, 7) is 7.40. The van der Waals surface area contributed by atoms with Gasteiger partial charge in [-0.1, -0.05) is 18.2 Å². The number of likely N-dealkylation sites (tertiary alicyclic amines) is 1. The summed E-state index contributed by atoms with van der Waals surface area (Å²) >= 11 is 0. The summed E-state index contributed by atoms with van der Waals surface area (Å²) in [4.78, 5) is 44.1. The maximum absolute atomic E-state index is 12.9. The molecule has 2 saturated heterocycles. The van der Waals surface area contributed by atoms with Gasteiger partial charge in [0.1, 0.15) is 5.56 Å². The molecule has 158 valence electrons. The lowest BCUT2D eigenvalue weighted by Crippen LogP contribution is -2.59. The predicted molar refractivity (Wildman–Crippen MR) is 116 cm³/mol. The normalized spacial score (nSPS) is 17.1. The molecular weight excluding hydrogens is 380 g/mol. The van der Waals surface area contributed by atoms with Crippen LogP contribution < -0.4 is 10.5 Å². The van der Waals surface area contributed by atoms with Crippen LogP contribution in [0.15, 0.2) is 41.2 Å². The standard InChI is InChI=1S/C23H28N4O3/c1-16-13-17(2)24(3)22(29)20(16)23(30)27-14-18(15-27)21(28)26-11-9-25(10-12-26)19-7-5-4-6-8-19/h4-8,13,18H,9-12,14-15H2,1-3H3. The minimum Gasteiger partial charge on any atom is -0.368 e. The molecule has 2 aliphatic rings. The van der Waals surface area contributed by atoms with Crippen molar-refractivity contribution in [1.82, 2.24) is 14.4 Å². The van der Waals surface area contributed by atoms with Crippen molar-refractivity contribution in [3.63, 3.8) is 0 Å². The Hall–Kier alpha value is -3.09. The summed E-state index contributed by atoms with van der Waals surface area (Å²) in [7, 11) is 1.67. The minimum absolute atomic E-state index is 0.111. The highest BCUT2D eigenvalue weighted by molar-refractivity contribution is 5.97. The first-order valence-electron chi connectivity index (χ1n) is 10.4. The first-order valence-corrected chi connectivity index (χ1v) is 10.4. The van der Waals surface area contributed by atoms with E-state index in [1.54, 1.807) is 18.9 Å². The van der Waals surface area contributed by atoms with Gasteiger partial charge in [0.2, 0.25) is 5.91 Å². The predicted octanol–water partition coefficient (Wildman–Crippen LogP) is 1.42. The summed E-state index contributed by atoms with van der Waals surface area (Å²) in [6.07, 6.45) is 0. The van der Waals surface area contributed by atoms with Crippen molar-refractivity contribution in [2.24, 2.45) is 13.0 Å². The molecule has 2 aliphatic heterocycles. The molecule has 0 spiro atoms. The molecule has 0 radical (unpaired) electrons. The number of rotatable bonds is 3. The van der Waals surface area contributed by atoms with Crippen LogP contribution in [0.25, 0.3) is 0 Å². The molecule has 4 rings (SSSR count). The Morgan fingerprint density at radius 1 is 0.933 bits per heavy atom. The van der Waals surface area contributed by atoms with Gasteiger partial charge in [0.25, 0.3) is 11.5 Å². The molecule has 0 atom stereocenters. The number of nitrogens with zero attached hydrogens (tertiary/aromatic N) is 4. The van der Waals surface area contributed by atoms with Crippen LogP contribution in [0.2, 0.25) is 0 Å². The number of hydrogen-bond donors (Lipinski definition) is 0. The Balaban J connectivity index is 1.34. The Morgan fingerprint density at radius 2 is 1.57 bits per heavy atom. The zero-order valence-corrected chi connectivity index (χ0v) is 17.8.